The van der Waals surface area contributed by atoms with E-state index in [1.807, 2.05) is 37.4 Å². The number of carbonyl (C=O) groups is 1. The Kier molecular flexibility index (Phi) is 4.06. The monoisotopic (exact) mass is 317 g/mol. The van der Waals surface area contributed by atoms with Crippen LogP contribution >= 0.6 is 0 Å². The van der Waals surface area contributed by atoms with Crippen LogP contribution in [0.2, 0.25) is 0 Å². The normalized spacial score (nSPS) is 14.1. The number of hydrogen-bond acceptors (Lipinski definition) is 4. The van der Waals surface area contributed by atoms with Crippen molar-refractivity contribution < 1.29 is 4.79 Å². The molecule has 2 amide bonds. The van der Waals surface area contributed by atoms with E-state index >= 15 is 0 Å². The molecule has 1 fully saturated rings. The number of hydrogen-bond donors (Lipinski definition) is 2. The van der Waals surface area contributed by atoms with E-state index in [2.05, 4.69) is 25.6 Å². The molecule has 0 spiro atoms. The number of nitrogens with one attached hydrogen (secondary N) is 2. The fraction of sp³-hybridized carbons (Fsp3) is 0.600. The van der Waals surface area contributed by atoms with Crippen LogP contribution in [0.15, 0.2) is 0 Å². The lowest BCUT2D eigenvalue weighted by atomic mass is 10.2. The Hall–Kier alpha value is -2.38. The van der Waals surface area contributed by atoms with E-state index < -0.39 is 0 Å². The number of aryl methyl sites for hydroxylation is 3. The maximum absolute atomic E-state index is 12.6. The number of amides is 2. The Morgan fingerprint density at radius 3 is 2.65 bits per heavy atom. The van der Waals surface area contributed by atoms with Crippen molar-refractivity contribution in [2.24, 2.45) is 7.05 Å². The van der Waals surface area contributed by atoms with Crippen molar-refractivity contribution in [2.75, 3.05) is 0 Å². The molecule has 2 aromatic heterocycles. The Morgan fingerprint density at radius 1 is 1.39 bits per heavy atom. The Bertz CT molecular complexity index is 713. The van der Waals surface area contributed by atoms with Gasteiger partial charge in [-0.1, -0.05) is 0 Å². The van der Waals surface area contributed by atoms with Crippen LogP contribution in [0.4, 0.5) is 4.79 Å². The lowest BCUT2D eigenvalue weighted by Crippen LogP contribution is -2.41. The van der Waals surface area contributed by atoms with E-state index in [4.69, 9.17) is 0 Å². The van der Waals surface area contributed by atoms with E-state index in [9.17, 15) is 4.79 Å². The van der Waals surface area contributed by atoms with Crippen molar-refractivity contribution in [3.63, 3.8) is 0 Å². The maximum Gasteiger partial charge on any atom is 0.318 e. The highest BCUT2D eigenvalue weighted by Gasteiger charge is 2.33. The zero-order chi connectivity index (χ0) is 16.6. The topological polar surface area (TPSA) is 91.7 Å². The van der Waals surface area contributed by atoms with Crippen LogP contribution in [-0.2, 0) is 20.1 Å². The zero-order valence-corrected chi connectivity index (χ0v) is 14.1. The molecule has 3 rings (SSSR count). The number of nitrogens with zero attached hydrogens (tertiary/aromatic N) is 5. The van der Waals surface area contributed by atoms with Gasteiger partial charge in [-0.25, -0.2) is 9.78 Å². The van der Waals surface area contributed by atoms with Gasteiger partial charge < -0.3 is 10.2 Å². The summed E-state index contributed by atoms with van der Waals surface area (Å²) >= 11 is 0. The summed E-state index contributed by atoms with van der Waals surface area (Å²) in [5.41, 5.74) is 3.21. The Balaban J connectivity index is 1.67. The van der Waals surface area contributed by atoms with Gasteiger partial charge in [0.05, 0.1) is 18.8 Å². The molecule has 1 aliphatic carbocycles. The van der Waals surface area contributed by atoms with E-state index in [1.54, 1.807) is 0 Å². The summed E-state index contributed by atoms with van der Waals surface area (Å²) in [7, 11) is 1.93. The number of aromatic nitrogens is 5. The highest BCUT2D eigenvalue weighted by molar-refractivity contribution is 5.75. The summed E-state index contributed by atoms with van der Waals surface area (Å²) in [6.45, 7) is 6.78. The first-order chi connectivity index (χ1) is 11.0. The molecule has 1 aliphatic rings. The molecule has 0 unspecified atom stereocenters. The zero-order valence-electron chi connectivity index (χ0n) is 14.1. The molecule has 0 atom stereocenters. The molecule has 23 heavy (non-hydrogen) atoms. The SMILES string of the molecule is Cc1nc(CNC(=O)N(Cc2c(C)nn(C)c2C)C2CC2)n[nH]1. The summed E-state index contributed by atoms with van der Waals surface area (Å²) < 4.78 is 1.87. The number of urea groups is 1. The van der Waals surface area contributed by atoms with Gasteiger partial charge in [0.1, 0.15) is 5.82 Å². The summed E-state index contributed by atoms with van der Waals surface area (Å²) in [4.78, 5) is 18.7. The molecule has 8 nitrogen and oxygen atoms in total. The smallest absolute Gasteiger partial charge is 0.318 e. The first-order valence-corrected chi connectivity index (χ1v) is 7.87. The van der Waals surface area contributed by atoms with Crippen molar-refractivity contribution >= 4 is 6.03 Å². The number of carbonyl (C=O) groups excluding carboxylic acids is 1. The first kappa shape index (κ1) is 15.5. The molecule has 2 aromatic rings. The van der Waals surface area contributed by atoms with Crippen molar-refractivity contribution in [3.05, 3.63) is 28.6 Å². The van der Waals surface area contributed by atoms with Crippen LogP contribution in [0.25, 0.3) is 0 Å². The van der Waals surface area contributed by atoms with Gasteiger partial charge in [0.25, 0.3) is 0 Å². The summed E-state index contributed by atoms with van der Waals surface area (Å²) in [6, 6.07) is 0.250. The van der Waals surface area contributed by atoms with Crippen molar-refractivity contribution in [1.29, 1.82) is 0 Å². The Labute approximate surface area is 135 Å². The van der Waals surface area contributed by atoms with E-state index in [0.717, 1.165) is 35.6 Å². The molecule has 124 valence electrons. The minimum Gasteiger partial charge on any atom is -0.331 e. The van der Waals surface area contributed by atoms with Crippen LogP contribution in [0.1, 0.15) is 41.4 Å². The van der Waals surface area contributed by atoms with Gasteiger partial charge in [-0.3, -0.25) is 9.78 Å². The van der Waals surface area contributed by atoms with E-state index in [1.165, 1.54) is 0 Å². The molecule has 8 heteroatoms. The first-order valence-electron chi connectivity index (χ1n) is 7.87. The van der Waals surface area contributed by atoms with E-state index in [-0.39, 0.29) is 6.03 Å². The second-order valence-electron chi connectivity index (χ2n) is 6.13. The third-order valence-corrected chi connectivity index (χ3v) is 4.28. The lowest BCUT2D eigenvalue weighted by Gasteiger charge is -2.23. The molecular weight excluding hydrogens is 294 g/mol. The molecular formula is C15H23N7O. The molecule has 2 N–H and O–H groups in total. The molecule has 0 saturated heterocycles. The molecule has 0 aliphatic heterocycles. The van der Waals surface area contributed by atoms with Crippen LogP contribution in [0, 0.1) is 20.8 Å². The van der Waals surface area contributed by atoms with Gasteiger partial charge in [-0.2, -0.15) is 10.2 Å². The third-order valence-electron chi connectivity index (χ3n) is 4.28. The molecule has 0 bridgehead atoms. The second kappa shape index (κ2) is 6.02. The molecule has 0 aromatic carbocycles. The molecule has 0 radical (unpaired) electrons. The average molecular weight is 317 g/mol. The van der Waals surface area contributed by atoms with Crippen molar-refractivity contribution in [3.8, 4) is 0 Å². The summed E-state index contributed by atoms with van der Waals surface area (Å²) in [5, 5.41) is 14.2. The predicted octanol–water partition coefficient (Wildman–Crippen LogP) is 1.34. The van der Waals surface area contributed by atoms with Gasteiger partial charge in [-0.15, -0.1) is 0 Å². The average Bonchev–Trinajstić information content (AvgIpc) is 3.21. The van der Waals surface area contributed by atoms with Gasteiger partial charge in [0.15, 0.2) is 5.82 Å². The largest absolute Gasteiger partial charge is 0.331 e. The maximum atomic E-state index is 12.6. The lowest BCUT2D eigenvalue weighted by molar-refractivity contribution is 0.191. The van der Waals surface area contributed by atoms with Gasteiger partial charge >= 0.3 is 6.03 Å². The van der Waals surface area contributed by atoms with Crippen LogP contribution in [0.3, 0.4) is 0 Å². The van der Waals surface area contributed by atoms with Crippen LogP contribution < -0.4 is 5.32 Å². The van der Waals surface area contributed by atoms with Gasteiger partial charge in [0, 0.05) is 24.3 Å². The minimum absolute atomic E-state index is 0.0717. The highest BCUT2D eigenvalue weighted by atomic mass is 16.2. The number of aromatic amines is 1. The van der Waals surface area contributed by atoms with Gasteiger partial charge in [-0.05, 0) is 33.6 Å². The number of H-pyrrole nitrogens is 1. The second-order valence-corrected chi connectivity index (χ2v) is 6.13. The van der Waals surface area contributed by atoms with Crippen molar-refractivity contribution in [2.45, 2.75) is 52.7 Å². The summed E-state index contributed by atoms with van der Waals surface area (Å²) in [5.74, 6) is 1.34. The Morgan fingerprint density at radius 2 is 2.13 bits per heavy atom. The van der Waals surface area contributed by atoms with Crippen LogP contribution in [0.5, 0.6) is 0 Å². The highest BCUT2D eigenvalue weighted by Crippen LogP contribution is 2.29. The van der Waals surface area contributed by atoms with Crippen LogP contribution in [-0.4, -0.2) is 41.9 Å². The van der Waals surface area contributed by atoms with E-state index in [0.29, 0.717) is 25.0 Å². The summed E-state index contributed by atoms with van der Waals surface area (Å²) in [6.07, 6.45) is 2.12. The molecule has 1 saturated carbocycles. The standard InChI is InChI=1S/C15H23N7O/c1-9-13(10(2)21(4)20-9)8-22(12-5-6-12)15(23)16-7-14-17-11(3)18-19-14/h12H,5-8H2,1-4H3,(H,16,23)(H,17,18,19). The minimum atomic E-state index is -0.0717. The third kappa shape index (κ3) is 3.35. The quantitative estimate of drug-likeness (QED) is 0.870. The molecule has 2 heterocycles. The fourth-order valence-corrected chi connectivity index (χ4v) is 2.69. The fourth-order valence-electron chi connectivity index (χ4n) is 2.69. The predicted molar refractivity (Wildman–Crippen MR) is 84.6 cm³/mol. The van der Waals surface area contributed by atoms with Crippen molar-refractivity contribution in [1.82, 2.24) is 35.2 Å². The number of rotatable bonds is 5. The van der Waals surface area contributed by atoms with Gasteiger partial charge in [0.2, 0.25) is 0 Å².